The van der Waals surface area contributed by atoms with Crippen molar-refractivity contribution in [2.75, 3.05) is 14.9 Å². The molecule has 0 fully saturated rings. The fourth-order valence-electron chi connectivity index (χ4n) is 3.71. The molecule has 166 valence electrons. The first kappa shape index (κ1) is 22.2. The number of sulfonamides is 1. The summed E-state index contributed by atoms with van der Waals surface area (Å²) in [4.78, 5) is 0.129. The van der Waals surface area contributed by atoms with Gasteiger partial charge in [-0.1, -0.05) is 0 Å². The van der Waals surface area contributed by atoms with Gasteiger partial charge >= 0.3 is 0 Å². The van der Waals surface area contributed by atoms with Crippen molar-refractivity contribution in [2.24, 2.45) is 0 Å². The van der Waals surface area contributed by atoms with Crippen molar-refractivity contribution in [1.29, 1.82) is 0 Å². The van der Waals surface area contributed by atoms with Crippen molar-refractivity contribution < 1.29 is 17.2 Å². The Balaban J connectivity index is 1.52. The predicted molar refractivity (Wildman–Crippen MR) is 127 cm³/mol. The van der Waals surface area contributed by atoms with Crippen molar-refractivity contribution in [2.45, 2.75) is 30.7 Å². The number of hydrogen-bond acceptors (Lipinski definition) is 3. The molecule has 32 heavy (non-hydrogen) atoms. The van der Waals surface area contributed by atoms with E-state index >= 15 is 0 Å². The summed E-state index contributed by atoms with van der Waals surface area (Å²) < 4.78 is 54.8. The Morgan fingerprint density at radius 3 is 2.12 bits per heavy atom. The Bertz CT molecular complexity index is 1250. The molecule has 9 heteroatoms. The number of nitrogens with one attached hydrogen (secondary N) is 2. The van der Waals surface area contributed by atoms with E-state index in [0.29, 0.717) is 35.5 Å². The molecule has 4 rings (SSSR count). The molecule has 0 aliphatic carbocycles. The molecule has 0 bridgehead atoms. The van der Waals surface area contributed by atoms with Crippen molar-refractivity contribution in [3.63, 3.8) is 0 Å². The highest BCUT2D eigenvalue weighted by atomic mass is 32.2. The molecule has 1 aliphatic rings. The number of benzene rings is 3. The molecule has 0 unspecified atom stereocenters. The van der Waals surface area contributed by atoms with Gasteiger partial charge < -0.3 is 10.6 Å². The lowest BCUT2D eigenvalue weighted by molar-refractivity contribution is 0.560. The fourth-order valence-corrected chi connectivity index (χ4v) is 5.66. The molecule has 1 atom stereocenters. The first-order valence-corrected chi connectivity index (χ1v) is 11.9. The zero-order chi connectivity index (χ0) is 22.9. The van der Waals surface area contributed by atoms with Gasteiger partial charge in [0.1, 0.15) is 11.6 Å². The van der Waals surface area contributed by atoms with Crippen LogP contribution in [0, 0.1) is 11.6 Å². The minimum atomic E-state index is -3.84. The van der Waals surface area contributed by atoms with Gasteiger partial charge in [-0.3, -0.25) is 4.31 Å². The number of rotatable bonds is 4. The Kier molecular flexibility index (Phi) is 6.12. The van der Waals surface area contributed by atoms with Gasteiger partial charge in [0.25, 0.3) is 10.0 Å². The SMILES string of the molecule is C[C@@H]1CCc2cc(F)ccc2N1S(=O)(=O)c1ccc(NC(=S)Nc2ccc(F)cc2)cc1. The molecule has 0 amide bonds. The van der Waals surface area contributed by atoms with Gasteiger partial charge in [0, 0.05) is 17.4 Å². The van der Waals surface area contributed by atoms with Gasteiger partial charge in [0.2, 0.25) is 0 Å². The Labute approximate surface area is 191 Å². The predicted octanol–water partition coefficient (Wildman–Crippen LogP) is 5.30. The molecular weight excluding hydrogens is 452 g/mol. The summed E-state index contributed by atoms with van der Waals surface area (Å²) in [7, 11) is -3.84. The highest BCUT2D eigenvalue weighted by Gasteiger charge is 2.33. The lowest BCUT2D eigenvalue weighted by Gasteiger charge is -2.36. The maximum atomic E-state index is 13.6. The van der Waals surface area contributed by atoms with E-state index in [-0.39, 0.29) is 27.7 Å². The molecule has 0 saturated carbocycles. The van der Waals surface area contributed by atoms with Crippen LogP contribution in [0.25, 0.3) is 0 Å². The highest BCUT2D eigenvalue weighted by Crippen LogP contribution is 2.35. The number of nitrogens with zero attached hydrogens (tertiary/aromatic N) is 1. The van der Waals surface area contributed by atoms with Crippen molar-refractivity contribution in [1.82, 2.24) is 0 Å². The van der Waals surface area contributed by atoms with E-state index < -0.39 is 10.0 Å². The standard InChI is InChI=1S/C23H21F2N3O2S2/c1-15-2-3-16-14-18(25)6-13-22(16)28(15)32(29,30)21-11-9-20(10-12-21)27-23(31)26-19-7-4-17(24)5-8-19/h4-15H,2-3H2,1H3,(H2,26,27,31)/t15-/m1/s1. The van der Waals surface area contributed by atoms with Crippen LogP contribution in [0.4, 0.5) is 25.8 Å². The highest BCUT2D eigenvalue weighted by molar-refractivity contribution is 7.92. The van der Waals surface area contributed by atoms with E-state index in [4.69, 9.17) is 12.2 Å². The summed E-state index contributed by atoms with van der Waals surface area (Å²) in [5.74, 6) is -0.724. The van der Waals surface area contributed by atoms with Crippen molar-refractivity contribution in [3.8, 4) is 0 Å². The smallest absolute Gasteiger partial charge is 0.264 e. The zero-order valence-electron chi connectivity index (χ0n) is 17.2. The molecule has 0 spiro atoms. The number of halogens is 2. The van der Waals surface area contributed by atoms with Crippen LogP contribution < -0.4 is 14.9 Å². The molecule has 5 nitrogen and oxygen atoms in total. The second kappa shape index (κ2) is 8.84. The maximum Gasteiger partial charge on any atom is 0.264 e. The van der Waals surface area contributed by atoms with E-state index in [1.54, 1.807) is 24.3 Å². The van der Waals surface area contributed by atoms with Gasteiger partial charge in [-0.2, -0.15) is 0 Å². The van der Waals surface area contributed by atoms with Gasteiger partial charge in [0.15, 0.2) is 5.11 Å². The summed E-state index contributed by atoms with van der Waals surface area (Å²) >= 11 is 5.26. The topological polar surface area (TPSA) is 61.4 Å². The molecule has 3 aromatic carbocycles. The van der Waals surface area contributed by atoms with E-state index in [1.165, 1.54) is 46.8 Å². The van der Waals surface area contributed by atoms with Crippen LogP contribution >= 0.6 is 12.2 Å². The monoisotopic (exact) mass is 473 g/mol. The molecule has 3 aromatic rings. The van der Waals surface area contributed by atoms with Gasteiger partial charge in [-0.05, 0) is 104 Å². The minimum Gasteiger partial charge on any atom is -0.332 e. The molecule has 1 aliphatic heterocycles. The van der Waals surface area contributed by atoms with Crippen LogP contribution in [-0.4, -0.2) is 19.6 Å². The lowest BCUT2D eigenvalue weighted by atomic mass is 9.99. The summed E-state index contributed by atoms with van der Waals surface area (Å²) in [5.41, 5.74) is 2.41. The fraction of sp³-hybridized carbons (Fsp3) is 0.174. The second-order valence-corrected chi connectivity index (χ2v) is 9.80. The van der Waals surface area contributed by atoms with Gasteiger partial charge in [-0.25, -0.2) is 17.2 Å². The lowest BCUT2D eigenvalue weighted by Crippen LogP contribution is -2.42. The third kappa shape index (κ3) is 4.58. The van der Waals surface area contributed by atoms with Gasteiger partial charge in [0.05, 0.1) is 10.6 Å². The molecule has 0 aromatic heterocycles. The summed E-state index contributed by atoms with van der Waals surface area (Å²) in [6, 6.07) is 15.9. The quantitative estimate of drug-likeness (QED) is 0.504. The Morgan fingerprint density at radius 2 is 1.50 bits per heavy atom. The average molecular weight is 474 g/mol. The van der Waals surface area contributed by atoms with E-state index in [1.807, 2.05) is 6.92 Å². The summed E-state index contributed by atoms with van der Waals surface area (Å²) in [6.07, 6.45) is 1.24. The number of thiocarbonyl (C=S) groups is 1. The summed E-state index contributed by atoms with van der Waals surface area (Å²) in [5, 5.41) is 6.19. The zero-order valence-corrected chi connectivity index (χ0v) is 18.8. The van der Waals surface area contributed by atoms with Crippen LogP contribution in [0.15, 0.2) is 71.6 Å². The minimum absolute atomic E-state index is 0.129. The van der Waals surface area contributed by atoms with E-state index in [2.05, 4.69) is 10.6 Å². The third-order valence-corrected chi connectivity index (χ3v) is 7.43. The van der Waals surface area contributed by atoms with Crippen molar-refractivity contribution >= 4 is 44.4 Å². The molecule has 1 heterocycles. The number of fused-ring (bicyclic) bond motifs is 1. The maximum absolute atomic E-state index is 13.6. The first-order valence-electron chi connectivity index (χ1n) is 10.0. The number of anilines is 3. The molecule has 0 saturated heterocycles. The Hall–Kier alpha value is -3.04. The van der Waals surface area contributed by atoms with E-state index in [0.717, 1.165) is 0 Å². The van der Waals surface area contributed by atoms with Crippen LogP contribution in [0.2, 0.25) is 0 Å². The molecule has 0 radical (unpaired) electrons. The largest absolute Gasteiger partial charge is 0.332 e. The number of hydrogen-bond donors (Lipinski definition) is 2. The van der Waals surface area contributed by atoms with Crippen LogP contribution in [-0.2, 0) is 16.4 Å². The number of aryl methyl sites for hydroxylation is 1. The average Bonchev–Trinajstić information content (AvgIpc) is 2.75. The third-order valence-electron chi connectivity index (χ3n) is 5.28. The van der Waals surface area contributed by atoms with Crippen LogP contribution in [0.3, 0.4) is 0 Å². The van der Waals surface area contributed by atoms with Crippen LogP contribution in [0.5, 0.6) is 0 Å². The summed E-state index contributed by atoms with van der Waals surface area (Å²) in [6.45, 7) is 1.85. The Morgan fingerprint density at radius 1 is 0.938 bits per heavy atom. The first-order chi connectivity index (χ1) is 15.2. The van der Waals surface area contributed by atoms with Crippen LogP contribution in [0.1, 0.15) is 18.9 Å². The van der Waals surface area contributed by atoms with E-state index in [9.17, 15) is 17.2 Å². The second-order valence-electron chi connectivity index (χ2n) is 7.57. The molecular formula is C23H21F2N3O2S2. The van der Waals surface area contributed by atoms with Gasteiger partial charge in [-0.15, -0.1) is 0 Å². The normalized spacial score (nSPS) is 15.7. The molecule has 2 N–H and O–H groups in total. The van der Waals surface area contributed by atoms with Crippen molar-refractivity contribution in [3.05, 3.63) is 83.9 Å².